The number of aromatic nitrogens is 4. The summed E-state index contributed by atoms with van der Waals surface area (Å²) in [5, 5.41) is 6.63. The Morgan fingerprint density at radius 3 is 2.77 bits per heavy atom. The molecule has 0 saturated carbocycles. The van der Waals surface area contributed by atoms with Crippen molar-refractivity contribution in [3.63, 3.8) is 0 Å². The summed E-state index contributed by atoms with van der Waals surface area (Å²) in [5.74, 6) is -0.375. The normalized spacial score (nSPS) is 10.4. The SMILES string of the molecule is O=C(NCc1ccc(-n2cncn2)nc1)c1ccccc1F. The van der Waals surface area contributed by atoms with Gasteiger partial charge in [-0.3, -0.25) is 4.79 Å². The van der Waals surface area contributed by atoms with Crippen molar-refractivity contribution in [2.24, 2.45) is 0 Å². The number of halogens is 1. The number of carbonyl (C=O) groups excluding carboxylic acids is 1. The van der Waals surface area contributed by atoms with E-state index in [1.54, 1.807) is 30.7 Å². The summed E-state index contributed by atoms with van der Waals surface area (Å²) in [4.78, 5) is 20.0. The topological polar surface area (TPSA) is 72.7 Å². The van der Waals surface area contributed by atoms with Gasteiger partial charge in [-0.25, -0.2) is 19.0 Å². The molecule has 22 heavy (non-hydrogen) atoms. The maximum atomic E-state index is 13.5. The molecule has 0 bridgehead atoms. The van der Waals surface area contributed by atoms with E-state index in [1.165, 1.54) is 23.1 Å². The molecule has 0 fully saturated rings. The standard InChI is InChI=1S/C15H12FN5O/c16-13-4-2-1-3-12(13)15(22)19-8-11-5-6-14(18-7-11)21-10-17-9-20-21/h1-7,9-10H,8H2,(H,19,22). The lowest BCUT2D eigenvalue weighted by Gasteiger charge is -2.06. The van der Waals surface area contributed by atoms with Gasteiger partial charge in [-0.05, 0) is 23.8 Å². The molecule has 0 aliphatic carbocycles. The minimum Gasteiger partial charge on any atom is -0.348 e. The number of rotatable bonds is 4. The Kier molecular flexibility index (Phi) is 3.86. The molecular weight excluding hydrogens is 285 g/mol. The molecule has 3 rings (SSSR count). The van der Waals surface area contributed by atoms with Crippen LogP contribution in [-0.2, 0) is 6.54 Å². The van der Waals surface area contributed by atoms with Crippen LogP contribution in [0.5, 0.6) is 0 Å². The van der Waals surface area contributed by atoms with Gasteiger partial charge in [0.15, 0.2) is 5.82 Å². The zero-order valence-corrected chi connectivity index (χ0v) is 11.5. The molecule has 0 unspecified atom stereocenters. The molecule has 2 aromatic heterocycles. The first-order valence-corrected chi connectivity index (χ1v) is 6.57. The molecule has 110 valence electrons. The van der Waals surface area contributed by atoms with Crippen molar-refractivity contribution < 1.29 is 9.18 Å². The molecule has 0 radical (unpaired) electrons. The van der Waals surface area contributed by atoms with Gasteiger partial charge in [0, 0.05) is 12.7 Å². The van der Waals surface area contributed by atoms with Crippen molar-refractivity contribution in [3.05, 3.63) is 72.2 Å². The Bertz CT molecular complexity index is 771. The third-order valence-electron chi connectivity index (χ3n) is 3.03. The van der Waals surface area contributed by atoms with Crippen LogP contribution in [0.25, 0.3) is 5.82 Å². The summed E-state index contributed by atoms with van der Waals surface area (Å²) in [6, 6.07) is 9.43. The van der Waals surface area contributed by atoms with E-state index in [-0.39, 0.29) is 12.1 Å². The van der Waals surface area contributed by atoms with E-state index < -0.39 is 11.7 Å². The van der Waals surface area contributed by atoms with E-state index in [0.717, 1.165) is 5.56 Å². The number of amides is 1. The highest BCUT2D eigenvalue weighted by Gasteiger charge is 2.10. The van der Waals surface area contributed by atoms with Gasteiger partial charge in [0.25, 0.3) is 5.91 Å². The maximum absolute atomic E-state index is 13.5. The van der Waals surface area contributed by atoms with Crippen LogP contribution >= 0.6 is 0 Å². The molecule has 6 nitrogen and oxygen atoms in total. The molecule has 1 amide bonds. The van der Waals surface area contributed by atoms with Gasteiger partial charge in [0.2, 0.25) is 0 Å². The van der Waals surface area contributed by atoms with E-state index >= 15 is 0 Å². The van der Waals surface area contributed by atoms with Gasteiger partial charge in [0.1, 0.15) is 18.5 Å². The monoisotopic (exact) mass is 297 g/mol. The second kappa shape index (κ2) is 6.13. The number of pyridine rings is 1. The second-order valence-corrected chi connectivity index (χ2v) is 4.53. The number of benzene rings is 1. The zero-order valence-electron chi connectivity index (χ0n) is 11.5. The van der Waals surface area contributed by atoms with Gasteiger partial charge in [0.05, 0.1) is 5.56 Å². The van der Waals surface area contributed by atoms with Crippen molar-refractivity contribution >= 4 is 5.91 Å². The summed E-state index contributed by atoms with van der Waals surface area (Å²) < 4.78 is 15.0. The second-order valence-electron chi connectivity index (χ2n) is 4.53. The zero-order chi connectivity index (χ0) is 15.4. The van der Waals surface area contributed by atoms with Gasteiger partial charge in [-0.1, -0.05) is 18.2 Å². The predicted octanol–water partition coefficient (Wildman–Crippen LogP) is 1.73. The van der Waals surface area contributed by atoms with Crippen LogP contribution in [-0.4, -0.2) is 25.7 Å². The fourth-order valence-corrected chi connectivity index (χ4v) is 1.91. The fraction of sp³-hybridized carbons (Fsp3) is 0.0667. The van der Waals surface area contributed by atoms with Crippen LogP contribution in [0.3, 0.4) is 0 Å². The Labute approximate surface area is 125 Å². The average molecular weight is 297 g/mol. The first kappa shape index (κ1) is 13.9. The lowest BCUT2D eigenvalue weighted by Crippen LogP contribution is -2.23. The Balaban J connectivity index is 1.64. The fourth-order valence-electron chi connectivity index (χ4n) is 1.91. The molecule has 2 heterocycles. The van der Waals surface area contributed by atoms with Crippen molar-refractivity contribution in [2.75, 3.05) is 0 Å². The average Bonchev–Trinajstić information content (AvgIpc) is 3.08. The van der Waals surface area contributed by atoms with Crippen LogP contribution in [0.2, 0.25) is 0 Å². The first-order valence-electron chi connectivity index (χ1n) is 6.57. The summed E-state index contributed by atoms with van der Waals surface area (Å²) >= 11 is 0. The molecule has 0 aliphatic rings. The number of hydrogen-bond acceptors (Lipinski definition) is 4. The smallest absolute Gasteiger partial charge is 0.254 e. The van der Waals surface area contributed by atoms with Crippen LogP contribution in [0.1, 0.15) is 15.9 Å². The molecule has 0 spiro atoms. The third-order valence-corrected chi connectivity index (χ3v) is 3.03. The van der Waals surface area contributed by atoms with Crippen molar-refractivity contribution in [2.45, 2.75) is 6.54 Å². The van der Waals surface area contributed by atoms with Crippen LogP contribution in [0.15, 0.2) is 55.2 Å². The number of nitrogens with one attached hydrogen (secondary N) is 1. The largest absolute Gasteiger partial charge is 0.348 e. The van der Waals surface area contributed by atoms with E-state index in [2.05, 4.69) is 20.4 Å². The van der Waals surface area contributed by atoms with Crippen molar-refractivity contribution in [1.82, 2.24) is 25.1 Å². The summed E-state index contributed by atoms with van der Waals surface area (Å²) in [5.41, 5.74) is 0.822. The van der Waals surface area contributed by atoms with Gasteiger partial charge in [-0.15, -0.1) is 0 Å². The molecule has 0 saturated heterocycles. The predicted molar refractivity (Wildman–Crippen MR) is 76.7 cm³/mol. The molecular formula is C15H12FN5O. The quantitative estimate of drug-likeness (QED) is 0.796. The van der Waals surface area contributed by atoms with E-state index in [1.807, 2.05) is 6.07 Å². The summed E-state index contributed by atoms with van der Waals surface area (Å²) in [6.07, 6.45) is 4.59. The first-order chi connectivity index (χ1) is 10.7. The van der Waals surface area contributed by atoms with Gasteiger partial charge in [-0.2, -0.15) is 5.10 Å². The maximum Gasteiger partial charge on any atom is 0.254 e. The molecule has 0 atom stereocenters. The highest BCUT2D eigenvalue weighted by Crippen LogP contribution is 2.07. The van der Waals surface area contributed by atoms with Crippen LogP contribution in [0.4, 0.5) is 4.39 Å². The number of hydrogen-bond donors (Lipinski definition) is 1. The molecule has 7 heteroatoms. The Hall–Kier alpha value is -3.09. The molecule has 3 aromatic rings. The van der Waals surface area contributed by atoms with E-state index in [0.29, 0.717) is 5.82 Å². The Morgan fingerprint density at radius 2 is 2.09 bits per heavy atom. The van der Waals surface area contributed by atoms with Crippen molar-refractivity contribution in [1.29, 1.82) is 0 Å². The third kappa shape index (κ3) is 2.98. The van der Waals surface area contributed by atoms with E-state index in [9.17, 15) is 9.18 Å². The Morgan fingerprint density at radius 1 is 1.23 bits per heavy atom. The minimum absolute atomic E-state index is 0.0229. The highest BCUT2D eigenvalue weighted by molar-refractivity contribution is 5.94. The molecule has 1 N–H and O–H groups in total. The van der Waals surface area contributed by atoms with Crippen LogP contribution in [0, 0.1) is 5.82 Å². The lowest BCUT2D eigenvalue weighted by atomic mass is 10.2. The summed E-state index contributed by atoms with van der Waals surface area (Å²) in [6.45, 7) is 0.262. The summed E-state index contributed by atoms with van der Waals surface area (Å²) in [7, 11) is 0. The molecule has 1 aromatic carbocycles. The van der Waals surface area contributed by atoms with E-state index in [4.69, 9.17) is 0 Å². The number of carbonyl (C=O) groups is 1. The highest BCUT2D eigenvalue weighted by atomic mass is 19.1. The molecule has 0 aliphatic heterocycles. The minimum atomic E-state index is -0.542. The van der Waals surface area contributed by atoms with Crippen molar-refractivity contribution in [3.8, 4) is 5.82 Å². The van der Waals surface area contributed by atoms with Crippen LogP contribution < -0.4 is 5.32 Å². The number of nitrogens with zero attached hydrogens (tertiary/aromatic N) is 4. The van der Waals surface area contributed by atoms with Gasteiger partial charge < -0.3 is 5.32 Å². The van der Waals surface area contributed by atoms with Gasteiger partial charge >= 0.3 is 0 Å². The lowest BCUT2D eigenvalue weighted by molar-refractivity contribution is 0.0947.